The molecule has 0 amide bonds. The van der Waals surface area contributed by atoms with Crippen LogP contribution in [0.5, 0.6) is 0 Å². The molecule has 0 fully saturated rings. The predicted molar refractivity (Wildman–Crippen MR) is 53.4 cm³/mol. The lowest BCUT2D eigenvalue weighted by molar-refractivity contribution is 0.0698. The Kier molecular flexibility index (Phi) is 2.11. The van der Waals surface area contributed by atoms with Gasteiger partial charge in [0.25, 0.3) is 0 Å². The molecule has 1 heterocycles. The Morgan fingerprint density at radius 1 is 1.47 bits per heavy atom. The van der Waals surface area contributed by atoms with Crippen LogP contribution in [0, 0.1) is 12.7 Å². The minimum atomic E-state index is -1.02. The van der Waals surface area contributed by atoms with Gasteiger partial charge >= 0.3 is 5.97 Å². The number of halogens is 1. The lowest BCUT2D eigenvalue weighted by Crippen LogP contribution is -2.02. The minimum Gasteiger partial charge on any atom is -0.478 e. The molecule has 0 unspecified atom stereocenters. The van der Waals surface area contributed by atoms with Gasteiger partial charge < -0.3 is 5.11 Å². The lowest BCUT2D eigenvalue weighted by atomic mass is 10.0. The van der Waals surface area contributed by atoms with Crippen molar-refractivity contribution in [1.82, 2.24) is 4.98 Å². The Morgan fingerprint density at radius 3 is 2.87 bits per heavy atom. The fraction of sp³-hybridized carbons (Fsp3) is 0.0909. The van der Waals surface area contributed by atoms with Gasteiger partial charge in [-0.05, 0) is 24.6 Å². The number of carbonyl (C=O) groups is 1. The van der Waals surface area contributed by atoms with Crippen molar-refractivity contribution in [2.75, 3.05) is 0 Å². The largest absolute Gasteiger partial charge is 0.478 e. The highest BCUT2D eigenvalue weighted by Gasteiger charge is 2.12. The van der Waals surface area contributed by atoms with Crippen LogP contribution in [0.4, 0.5) is 4.39 Å². The van der Waals surface area contributed by atoms with Crippen molar-refractivity contribution in [1.29, 1.82) is 0 Å². The van der Waals surface area contributed by atoms with Gasteiger partial charge in [-0.3, -0.25) is 4.98 Å². The van der Waals surface area contributed by atoms with Gasteiger partial charge in [-0.15, -0.1) is 0 Å². The van der Waals surface area contributed by atoms with Gasteiger partial charge in [-0.25, -0.2) is 9.18 Å². The first-order valence-electron chi connectivity index (χ1n) is 4.38. The normalized spacial score (nSPS) is 10.5. The van der Waals surface area contributed by atoms with E-state index in [2.05, 4.69) is 4.98 Å². The van der Waals surface area contributed by atoms with Gasteiger partial charge in [0.05, 0.1) is 11.1 Å². The Morgan fingerprint density at radius 2 is 2.20 bits per heavy atom. The fourth-order valence-corrected chi connectivity index (χ4v) is 1.55. The maximum atomic E-state index is 12.9. The first-order chi connectivity index (χ1) is 7.09. The van der Waals surface area contributed by atoms with Crippen molar-refractivity contribution in [3.05, 3.63) is 41.3 Å². The molecule has 76 valence electrons. The van der Waals surface area contributed by atoms with Crippen LogP contribution < -0.4 is 0 Å². The number of hydrogen-bond donors (Lipinski definition) is 1. The van der Waals surface area contributed by atoms with Crippen LogP contribution in [-0.2, 0) is 0 Å². The molecule has 1 aromatic carbocycles. The number of benzene rings is 1. The number of aromatic nitrogens is 1. The molecule has 0 bridgehead atoms. The molecular formula is C11H8FNO2. The summed E-state index contributed by atoms with van der Waals surface area (Å²) in [4.78, 5) is 15.0. The fourth-order valence-electron chi connectivity index (χ4n) is 1.55. The molecule has 3 nitrogen and oxygen atoms in total. The van der Waals surface area contributed by atoms with Crippen LogP contribution in [0.2, 0.25) is 0 Å². The molecule has 2 rings (SSSR count). The summed E-state index contributed by atoms with van der Waals surface area (Å²) in [5, 5.41) is 9.47. The molecule has 15 heavy (non-hydrogen) atoms. The zero-order valence-electron chi connectivity index (χ0n) is 7.99. The molecule has 0 spiro atoms. The Hall–Kier alpha value is -1.97. The minimum absolute atomic E-state index is 0.181. The maximum Gasteiger partial charge on any atom is 0.336 e. The summed E-state index contributed by atoms with van der Waals surface area (Å²) in [5.41, 5.74) is 1.11. The SMILES string of the molecule is Cc1cnc2cc(F)ccc2c1C(=O)O. The highest BCUT2D eigenvalue weighted by Crippen LogP contribution is 2.20. The van der Waals surface area contributed by atoms with Gasteiger partial charge in [-0.2, -0.15) is 0 Å². The molecule has 0 saturated carbocycles. The average Bonchev–Trinajstić information content (AvgIpc) is 2.17. The van der Waals surface area contributed by atoms with Crippen molar-refractivity contribution in [3.63, 3.8) is 0 Å². The number of rotatable bonds is 1. The topological polar surface area (TPSA) is 50.2 Å². The number of carboxylic acids is 1. The smallest absolute Gasteiger partial charge is 0.336 e. The summed E-state index contributed by atoms with van der Waals surface area (Å²) in [6, 6.07) is 3.89. The highest BCUT2D eigenvalue weighted by atomic mass is 19.1. The molecule has 1 N–H and O–H groups in total. The standard InChI is InChI=1S/C11H8FNO2/c1-6-5-13-9-4-7(12)2-3-8(9)10(6)11(14)15/h2-5H,1H3,(H,14,15). The molecule has 0 atom stereocenters. The number of hydrogen-bond acceptors (Lipinski definition) is 2. The molecule has 0 saturated heterocycles. The van der Waals surface area contributed by atoms with E-state index >= 15 is 0 Å². The second-order valence-corrected chi connectivity index (χ2v) is 3.28. The maximum absolute atomic E-state index is 12.9. The van der Waals surface area contributed by atoms with Crippen molar-refractivity contribution >= 4 is 16.9 Å². The first-order valence-corrected chi connectivity index (χ1v) is 4.38. The monoisotopic (exact) mass is 205 g/mol. The van der Waals surface area contributed by atoms with Gasteiger partial charge in [-0.1, -0.05) is 0 Å². The second-order valence-electron chi connectivity index (χ2n) is 3.28. The second kappa shape index (κ2) is 3.31. The molecule has 0 aliphatic rings. The van der Waals surface area contributed by atoms with E-state index < -0.39 is 11.8 Å². The van der Waals surface area contributed by atoms with E-state index in [4.69, 9.17) is 5.11 Å². The summed E-state index contributed by atoms with van der Waals surface area (Å²) in [6.45, 7) is 1.67. The van der Waals surface area contributed by atoms with Crippen molar-refractivity contribution < 1.29 is 14.3 Å². The molecule has 4 heteroatoms. The van der Waals surface area contributed by atoms with E-state index in [0.717, 1.165) is 0 Å². The number of fused-ring (bicyclic) bond motifs is 1. The Labute approximate surface area is 85.2 Å². The first kappa shape index (κ1) is 9.58. The third kappa shape index (κ3) is 1.54. The third-order valence-electron chi connectivity index (χ3n) is 2.23. The van der Waals surface area contributed by atoms with E-state index in [1.165, 1.54) is 24.4 Å². The molecular weight excluding hydrogens is 197 g/mol. The third-order valence-corrected chi connectivity index (χ3v) is 2.23. The predicted octanol–water partition coefficient (Wildman–Crippen LogP) is 2.38. The van der Waals surface area contributed by atoms with Crippen LogP contribution in [0.15, 0.2) is 24.4 Å². The van der Waals surface area contributed by atoms with Crippen LogP contribution in [0.25, 0.3) is 10.9 Å². The molecule has 0 radical (unpaired) electrons. The van der Waals surface area contributed by atoms with Crippen LogP contribution in [0.1, 0.15) is 15.9 Å². The number of pyridine rings is 1. The summed E-state index contributed by atoms with van der Waals surface area (Å²) in [7, 11) is 0. The van der Waals surface area contributed by atoms with Crippen LogP contribution in [0.3, 0.4) is 0 Å². The van der Waals surface area contributed by atoms with E-state index in [0.29, 0.717) is 16.5 Å². The van der Waals surface area contributed by atoms with Gasteiger partial charge in [0.1, 0.15) is 5.82 Å². The zero-order chi connectivity index (χ0) is 11.0. The average molecular weight is 205 g/mol. The van der Waals surface area contributed by atoms with Crippen molar-refractivity contribution in [2.45, 2.75) is 6.92 Å². The summed E-state index contributed by atoms with van der Waals surface area (Å²) < 4.78 is 12.9. The van der Waals surface area contributed by atoms with Gasteiger partial charge in [0.2, 0.25) is 0 Å². The van der Waals surface area contributed by atoms with E-state index in [1.807, 2.05) is 0 Å². The quantitative estimate of drug-likeness (QED) is 0.777. The number of aromatic carboxylic acids is 1. The van der Waals surface area contributed by atoms with Crippen LogP contribution in [-0.4, -0.2) is 16.1 Å². The zero-order valence-corrected chi connectivity index (χ0v) is 7.99. The summed E-state index contributed by atoms with van der Waals surface area (Å²) in [6.07, 6.45) is 1.44. The number of carboxylic acid groups (broad SMARTS) is 1. The summed E-state index contributed by atoms with van der Waals surface area (Å²) >= 11 is 0. The lowest BCUT2D eigenvalue weighted by Gasteiger charge is -2.04. The van der Waals surface area contributed by atoms with Gasteiger partial charge in [0, 0.05) is 17.6 Å². The van der Waals surface area contributed by atoms with Gasteiger partial charge in [0.15, 0.2) is 0 Å². The molecule has 1 aromatic heterocycles. The highest BCUT2D eigenvalue weighted by molar-refractivity contribution is 6.03. The van der Waals surface area contributed by atoms with Crippen LogP contribution >= 0.6 is 0 Å². The molecule has 2 aromatic rings. The molecule has 0 aliphatic heterocycles. The van der Waals surface area contributed by atoms with Crippen molar-refractivity contribution in [3.8, 4) is 0 Å². The molecule has 0 aliphatic carbocycles. The Balaban J connectivity index is 2.88. The van der Waals surface area contributed by atoms with E-state index in [-0.39, 0.29) is 5.56 Å². The summed E-state index contributed by atoms with van der Waals surface area (Å²) in [5.74, 6) is -1.44. The Bertz CT molecular complexity index is 552. The van der Waals surface area contributed by atoms with E-state index in [1.54, 1.807) is 6.92 Å². The number of aryl methyl sites for hydroxylation is 1. The van der Waals surface area contributed by atoms with E-state index in [9.17, 15) is 9.18 Å². The van der Waals surface area contributed by atoms with Crippen molar-refractivity contribution in [2.24, 2.45) is 0 Å². The number of nitrogens with zero attached hydrogens (tertiary/aromatic N) is 1.